The monoisotopic (exact) mass is 476 g/mol. The van der Waals surface area contributed by atoms with Crippen molar-refractivity contribution in [3.8, 4) is 11.1 Å². The van der Waals surface area contributed by atoms with Crippen molar-refractivity contribution < 1.29 is 24.2 Å². The molecule has 1 saturated heterocycles. The fourth-order valence-electron chi connectivity index (χ4n) is 6.03. The topological polar surface area (TPSA) is 95.9 Å². The van der Waals surface area contributed by atoms with E-state index in [1.54, 1.807) is 0 Å². The molecule has 1 saturated carbocycles. The first-order valence-electron chi connectivity index (χ1n) is 12.5. The summed E-state index contributed by atoms with van der Waals surface area (Å²) in [6.45, 7) is 4.52. The Labute approximate surface area is 205 Å². The molecule has 0 radical (unpaired) electrons. The molecule has 1 heterocycles. The molecule has 0 unspecified atom stereocenters. The summed E-state index contributed by atoms with van der Waals surface area (Å²) < 4.78 is 5.66. The molecule has 0 spiro atoms. The molecular weight excluding hydrogens is 444 g/mol. The van der Waals surface area contributed by atoms with E-state index in [1.165, 1.54) is 4.90 Å². The van der Waals surface area contributed by atoms with Crippen LogP contribution in [0.3, 0.4) is 0 Å². The molecule has 1 aliphatic heterocycles. The Balaban J connectivity index is 1.29. The molecular formula is C28H32N2O5. The number of hydrogen-bond acceptors (Lipinski definition) is 4. The number of benzene rings is 2. The number of nitrogens with one attached hydrogen (secondary N) is 1. The summed E-state index contributed by atoms with van der Waals surface area (Å²) in [7, 11) is 0. The summed E-state index contributed by atoms with van der Waals surface area (Å²) in [6, 6.07) is 15.4. The third-order valence-electron chi connectivity index (χ3n) is 7.77. The Morgan fingerprint density at radius 3 is 2.31 bits per heavy atom. The molecule has 2 N–H and O–H groups in total. The van der Waals surface area contributed by atoms with Gasteiger partial charge < -0.3 is 20.1 Å². The molecule has 2 fully saturated rings. The molecule has 35 heavy (non-hydrogen) atoms. The van der Waals surface area contributed by atoms with Crippen LogP contribution in [0.15, 0.2) is 48.5 Å². The van der Waals surface area contributed by atoms with Crippen LogP contribution in [0.1, 0.15) is 56.6 Å². The maximum atomic E-state index is 13.5. The number of aliphatic carboxylic acids is 1. The quantitative estimate of drug-likeness (QED) is 0.617. The summed E-state index contributed by atoms with van der Waals surface area (Å²) in [6.07, 6.45) is 1.86. The average Bonchev–Trinajstić information content (AvgIpc) is 3.53. The van der Waals surface area contributed by atoms with Gasteiger partial charge in [-0.15, -0.1) is 0 Å². The minimum atomic E-state index is -1.10. The lowest BCUT2D eigenvalue weighted by molar-refractivity contribution is -0.155. The van der Waals surface area contributed by atoms with E-state index in [9.17, 15) is 19.5 Å². The first-order valence-corrected chi connectivity index (χ1v) is 12.5. The molecule has 2 aliphatic carbocycles. The van der Waals surface area contributed by atoms with Gasteiger partial charge in [0.25, 0.3) is 0 Å². The van der Waals surface area contributed by atoms with Crippen molar-refractivity contribution in [2.45, 2.75) is 57.0 Å². The predicted octanol–water partition coefficient (Wildman–Crippen LogP) is 4.41. The second kappa shape index (κ2) is 9.02. The maximum Gasteiger partial charge on any atom is 0.407 e. The molecule has 5 rings (SSSR count). The average molecular weight is 477 g/mol. The van der Waals surface area contributed by atoms with Crippen LogP contribution in [0.5, 0.6) is 0 Å². The van der Waals surface area contributed by atoms with Crippen molar-refractivity contribution in [2.24, 2.45) is 11.8 Å². The zero-order valence-electron chi connectivity index (χ0n) is 20.2. The largest absolute Gasteiger partial charge is 0.479 e. The Hall–Kier alpha value is -3.35. The van der Waals surface area contributed by atoms with Crippen molar-refractivity contribution >= 4 is 18.0 Å². The number of carboxylic acid groups (broad SMARTS) is 1. The maximum absolute atomic E-state index is 13.5. The smallest absolute Gasteiger partial charge is 0.407 e. The number of nitrogens with zero attached hydrogens (tertiary/aromatic N) is 1. The Morgan fingerprint density at radius 1 is 1.09 bits per heavy atom. The fraction of sp³-hybridized carbons (Fsp3) is 0.464. The Morgan fingerprint density at radius 2 is 1.71 bits per heavy atom. The first-order chi connectivity index (χ1) is 16.8. The van der Waals surface area contributed by atoms with Crippen LogP contribution in [-0.4, -0.2) is 52.7 Å². The number of alkyl carbamates (subject to hydrolysis) is 1. The molecule has 7 nitrogen and oxygen atoms in total. The van der Waals surface area contributed by atoms with Gasteiger partial charge in [0.15, 0.2) is 0 Å². The fourth-order valence-corrected chi connectivity index (χ4v) is 6.03. The number of fused-ring (bicyclic) bond motifs is 4. The summed E-state index contributed by atoms with van der Waals surface area (Å²) >= 11 is 0. The molecule has 7 heteroatoms. The number of hydrogen-bond donors (Lipinski definition) is 2. The first kappa shape index (κ1) is 23.4. The summed E-state index contributed by atoms with van der Waals surface area (Å²) in [4.78, 5) is 39.9. The van der Waals surface area contributed by atoms with Crippen LogP contribution in [0.25, 0.3) is 11.1 Å². The van der Waals surface area contributed by atoms with E-state index >= 15 is 0 Å². The van der Waals surface area contributed by atoms with Gasteiger partial charge in [-0.1, -0.05) is 62.4 Å². The summed E-state index contributed by atoms with van der Waals surface area (Å²) in [5.74, 6) is -1.20. The summed E-state index contributed by atoms with van der Waals surface area (Å²) in [5, 5.41) is 12.6. The van der Waals surface area contributed by atoms with Crippen molar-refractivity contribution in [1.82, 2.24) is 10.2 Å². The van der Waals surface area contributed by atoms with Crippen molar-refractivity contribution in [1.29, 1.82) is 0 Å². The minimum Gasteiger partial charge on any atom is -0.479 e. The van der Waals surface area contributed by atoms with E-state index in [2.05, 4.69) is 29.6 Å². The standard InChI is InChI=1S/C28H32N2O5/c1-17(2)14-24(25(31)30-13-7-8-18-15-28(18,30)26(32)33)29-27(34)35-16-23-21-11-5-3-9-19(21)20-10-4-6-12-22(20)23/h3-6,9-12,17-18,23-24H,7-8,13-16H2,1-2H3,(H,29,34)(H,32,33)/t18-,24+,28+/m1/s1. The van der Waals surface area contributed by atoms with Crippen LogP contribution in [0.2, 0.25) is 0 Å². The van der Waals surface area contributed by atoms with Crippen LogP contribution in [-0.2, 0) is 14.3 Å². The number of piperidine rings is 1. The number of carboxylic acids is 1. The van der Waals surface area contributed by atoms with E-state index in [4.69, 9.17) is 4.74 Å². The van der Waals surface area contributed by atoms with E-state index in [-0.39, 0.29) is 30.3 Å². The van der Waals surface area contributed by atoms with Gasteiger partial charge in [0.05, 0.1) is 0 Å². The lowest BCUT2D eigenvalue weighted by atomic mass is 9.97. The SMILES string of the molecule is CC(C)C[C@H](NC(=O)OCC1c2ccccc2-c2ccccc21)C(=O)N1CCC[C@@H]2C[C@@]21C(=O)O. The highest BCUT2D eigenvalue weighted by Crippen LogP contribution is 2.54. The Kier molecular flexibility index (Phi) is 6.03. The van der Waals surface area contributed by atoms with E-state index in [1.807, 2.05) is 38.1 Å². The number of amides is 2. The van der Waals surface area contributed by atoms with Crippen LogP contribution < -0.4 is 5.32 Å². The van der Waals surface area contributed by atoms with Gasteiger partial charge in [-0.25, -0.2) is 9.59 Å². The molecule has 0 aromatic heterocycles. The summed E-state index contributed by atoms with van der Waals surface area (Å²) in [5.41, 5.74) is 3.43. The molecule has 3 atom stereocenters. The number of ether oxygens (including phenoxy) is 1. The predicted molar refractivity (Wildman–Crippen MR) is 131 cm³/mol. The van der Waals surface area contributed by atoms with E-state index in [0.29, 0.717) is 19.4 Å². The van der Waals surface area contributed by atoms with Gasteiger partial charge in [0, 0.05) is 12.5 Å². The van der Waals surface area contributed by atoms with Gasteiger partial charge in [0.2, 0.25) is 5.91 Å². The molecule has 0 bridgehead atoms. The number of rotatable bonds is 7. The Bertz CT molecular complexity index is 1120. The number of carbonyl (C=O) groups excluding carboxylic acids is 2. The minimum absolute atomic E-state index is 0.00635. The van der Waals surface area contributed by atoms with Gasteiger partial charge in [-0.2, -0.15) is 0 Å². The van der Waals surface area contributed by atoms with Crippen molar-refractivity contribution in [3.63, 3.8) is 0 Å². The van der Waals surface area contributed by atoms with Crippen LogP contribution >= 0.6 is 0 Å². The zero-order valence-corrected chi connectivity index (χ0v) is 20.2. The van der Waals surface area contributed by atoms with E-state index in [0.717, 1.165) is 35.1 Å². The second-order valence-electron chi connectivity index (χ2n) is 10.4. The third kappa shape index (κ3) is 4.07. The molecule has 2 aromatic carbocycles. The zero-order chi connectivity index (χ0) is 24.7. The normalized spacial score (nSPS) is 23.2. The highest BCUT2D eigenvalue weighted by Gasteiger charge is 2.67. The number of likely N-dealkylation sites (tertiary alicyclic amines) is 1. The van der Waals surface area contributed by atoms with Crippen molar-refractivity contribution in [2.75, 3.05) is 13.2 Å². The van der Waals surface area contributed by atoms with Crippen LogP contribution in [0.4, 0.5) is 4.79 Å². The molecule has 3 aliphatic rings. The van der Waals surface area contributed by atoms with Gasteiger partial charge in [-0.3, -0.25) is 4.79 Å². The highest BCUT2D eigenvalue weighted by atomic mass is 16.5. The number of carbonyl (C=O) groups is 3. The van der Waals surface area contributed by atoms with Crippen molar-refractivity contribution in [3.05, 3.63) is 59.7 Å². The van der Waals surface area contributed by atoms with E-state index < -0.39 is 23.6 Å². The van der Waals surface area contributed by atoms with Gasteiger partial charge in [-0.05, 0) is 59.8 Å². The lowest BCUT2D eigenvalue weighted by Gasteiger charge is -2.36. The van der Waals surface area contributed by atoms with Crippen LogP contribution in [0, 0.1) is 11.8 Å². The molecule has 2 amide bonds. The van der Waals surface area contributed by atoms with Gasteiger partial charge >= 0.3 is 12.1 Å². The van der Waals surface area contributed by atoms with Gasteiger partial charge in [0.1, 0.15) is 18.2 Å². The highest BCUT2D eigenvalue weighted by molar-refractivity contribution is 5.94. The molecule has 184 valence electrons. The second-order valence-corrected chi connectivity index (χ2v) is 10.4. The third-order valence-corrected chi connectivity index (χ3v) is 7.77. The lowest BCUT2D eigenvalue weighted by Crippen LogP contribution is -2.57. The molecule has 2 aromatic rings.